The van der Waals surface area contributed by atoms with Crippen LogP contribution in [0.3, 0.4) is 0 Å². The Labute approximate surface area is 102 Å². The molecule has 3 heteroatoms. The molecule has 0 bridgehead atoms. The summed E-state index contributed by atoms with van der Waals surface area (Å²) < 4.78 is 0. The van der Waals surface area contributed by atoms with Crippen molar-refractivity contribution in [2.75, 3.05) is 0 Å². The van der Waals surface area contributed by atoms with Crippen molar-refractivity contribution in [3.8, 4) is 0 Å². The molecule has 2 rings (SSSR count). The van der Waals surface area contributed by atoms with Crippen LogP contribution >= 0.6 is 0 Å². The summed E-state index contributed by atoms with van der Waals surface area (Å²) in [5.41, 5.74) is 8.40. The molecule has 2 aromatic heterocycles. The first-order valence-corrected chi connectivity index (χ1v) is 5.89. The molecule has 2 aromatic rings. The highest BCUT2D eigenvalue weighted by molar-refractivity contribution is 5.10. The predicted octanol–water partition coefficient (Wildman–Crippen LogP) is 1.98. The molecule has 2 heterocycles. The number of aryl methyl sites for hydroxylation is 1. The average Bonchev–Trinajstić information content (AvgIpc) is 2.39. The molecule has 3 nitrogen and oxygen atoms in total. The zero-order chi connectivity index (χ0) is 11.9. The minimum absolute atomic E-state index is 0.168. The van der Waals surface area contributed by atoms with E-state index in [-0.39, 0.29) is 6.04 Å². The Balaban J connectivity index is 1.80. The van der Waals surface area contributed by atoms with Crippen LogP contribution in [0.2, 0.25) is 0 Å². The normalized spacial score (nSPS) is 12.3. The predicted molar refractivity (Wildman–Crippen MR) is 68.5 cm³/mol. The maximum absolute atomic E-state index is 6.10. The van der Waals surface area contributed by atoms with Gasteiger partial charge in [0.1, 0.15) is 0 Å². The second kappa shape index (κ2) is 6.11. The van der Waals surface area contributed by atoms with Crippen LogP contribution in [0.4, 0.5) is 0 Å². The van der Waals surface area contributed by atoms with Crippen LogP contribution < -0.4 is 5.73 Å². The molecule has 1 atom stereocenters. The summed E-state index contributed by atoms with van der Waals surface area (Å²) in [6, 6.07) is 10.2. The highest BCUT2D eigenvalue weighted by atomic mass is 14.7. The molecule has 0 aliphatic heterocycles. The number of hydrogen-bond donors (Lipinski definition) is 1. The molecule has 0 radical (unpaired) electrons. The van der Waals surface area contributed by atoms with Gasteiger partial charge < -0.3 is 5.73 Å². The van der Waals surface area contributed by atoms with Gasteiger partial charge in [-0.15, -0.1) is 0 Å². The van der Waals surface area contributed by atoms with E-state index in [1.165, 1.54) is 5.56 Å². The Kier molecular flexibility index (Phi) is 4.22. The summed E-state index contributed by atoms with van der Waals surface area (Å²) in [7, 11) is 0. The van der Waals surface area contributed by atoms with Crippen molar-refractivity contribution < 1.29 is 0 Å². The van der Waals surface area contributed by atoms with E-state index in [2.05, 4.69) is 16.0 Å². The van der Waals surface area contributed by atoms with Gasteiger partial charge in [0.25, 0.3) is 0 Å². The van der Waals surface area contributed by atoms with Gasteiger partial charge in [-0.1, -0.05) is 12.1 Å². The summed E-state index contributed by atoms with van der Waals surface area (Å²) in [6.45, 7) is 0. The summed E-state index contributed by atoms with van der Waals surface area (Å²) in [5.74, 6) is 0. The highest BCUT2D eigenvalue weighted by Gasteiger charge is 2.05. The molecule has 0 saturated heterocycles. The van der Waals surface area contributed by atoms with Crippen molar-refractivity contribution in [1.29, 1.82) is 0 Å². The molecule has 0 aliphatic carbocycles. The van der Waals surface area contributed by atoms with Gasteiger partial charge in [-0.3, -0.25) is 9.97 Å². The lowest BCUT2D eigenvalue weighted by atomic mass is 10.0. The van der Waals surface area contributed by atoms with Gasteiger partial charge in [0.15, 0.2) is 0 Å². The smallest absolute Gasteiger partial charge is 0.0404 e. The molecule has 0 amide bonds. The lowest BCUT2D eigenvalue weighted by molar-refractivity contribution is 0.604. The third-order valence-corrected chi connectivity index (χ3v) is 2.72. The van der Waals surface area contributed by atoms with Gasteiger partial charge in [-0.25, -0.2) is 0 Å². The van der Waals surface area contributed by atoms with Crippen LogP contribution in [-0.4, -0.2) is 16.0 Å². The van der Waals surface area contributed by atoms with Crippen LogP contribution in [-0.2, 0) is 12.8 Å². The fourth-order valence-electron chi connectivity index (χ4n) is 1.80. The van der Waals surface area contributed by atoms with Crippen molar-refractivity contribution >= 4 is 0 Å². The molecule has 0 aromatic carbocycles. The largest absolute Gasteiger partial charge is 0.327 e. The molecule has 1 unspecified atom stereocenters. The Morgan fingerprint density at radius 3 is 2.76 bits per heavy atom. The molecule has 0 spiro atoms. The number of pyridine rings is 2. The second-order valence-corrected chi connectivity index (χ2v) is 4.19. The Bertz CT molecular complexity index is 428. The second-order valence-electron chi connectivity index (χ2n) is 4.19. The van der Waals surface area contributed by atoms with Crippen LogP contribution in [0.1, 0.15) is 17.7 Å². The van der Waals surface area contributed by atoms with Gasteiger partial charge >= 0.3 is 0 Å². The molecule has 0 saturated carbocycles. The van der Waals surface area contributed by atoms with Crippen molar-refractivity contribution in [1.82, 2.24) is 9.97 Å². The summed E-state index contributed by atoms with van der Waals surface area (Å²) in [5, 5.41) is 0. The summed E-state index contributed by atoms with van der Waals surface area (Å²) in [4.78, 5) is 8.38. The zero-order valence-corrected chi connectivity index (χ0v) is 9.79. The Morgan fingerprint density at radius 2 is 2.06 bits per heavy atom. The van der Waals surface area contributed by atoms with Crippen molar-refractivity contribution in [3.05, 3.63) is 60.2 Å². The van der Waals surface area contributed by atoms with Gasteiger partial charge in [-0.05, 0) is 43.0 Å². The first kappa shape index (κ1) is 11.7. The van der Waals surface area contributed by atoms with Crippen LogP contribution in [0, 0.1) is 0 Å². The molecule has 2 N–H and O–H groups in total. The van der Waals surface area contributed by atoms with Crippen molar-refractivity contribution in [2.24, 2.45) is 5.73 Å². The van der Waals surface area contributed by atoms with Gasteiger partial charge in [-0.2, -0.15) is 0 Å². The maximum Gasteiger partial charge on any atom is 0.0404 e. The van der Waals surface area contributed by atoms with Gasteiger partial charge in [0.05, 0.1) is 0 Å². The first-order valence-electron chi connectivity index (χ1n) is 5.89. The Hall–Kier alpha value is -1.74. The number of rotatable bonds is 5. The summed E-state index contributed by atoms with van der Waals surface area (Å²) in [6.07, 6.45) is 8.24. The number of nitrogens with two attached hydrogens (primary N) is 1. The molecule has 0 aliphatic rings. The molecular weight excluding hydrogens is 210 g/mol. The first-order chi connectivity index (χ1) is 8.34. The lowest BCUT2D eigenvalue weighted by Crippen LogP contribution is -2.23. The average molecular weight is 227 g/mol. The van der Waals surface area contributed by atoms with E-state index in [1.54, 1.807) is 6.20 Å². The SMILES string of the molecule is NC(CCc1ccccn1)Cc1cccnc1. The lowest BCUT2D eigenvalue weighted by Gasteiger charge is -2.10. The van der Waals surface area contributed by atoms with E-state index in [1.807, 2.05) is 36.7 Å². The standard InChI is InChI=1S/C14H17N3/c15-13(10-12-4-3-8-16-11-12)6-7-14-5-1-2-9-17-14/h1-5,8-9,11,13H,6-7,10,15H2. The van der Waals surface area contributed by atoms with E-state index >= 15 is 0 Å². The fourth-order valence-corrected chi connectivity index (χ4v) is 1.80. The van der Waals surface area contributed by atoms with E-state index < -0.39 is 0 Å². The monoisotopic (exact) mass is 227 g/mol. The molecule has 17 heavy (non-hydrogen) atoms. The molecule has 0 fully saturated rings. The van der Waals surface area contributed by atoms with Crippen LogP contribution in [0.5, 0.6) is 0 Å². The quantitative estimate of drug-likeness (QED) is 0.849. The highest BCUT2D eigenvalue weighted by Crippen LogP contribution is 2.06. The third kappa shape index (κ3) is 3.96. The van der Waals surface area contributed by atoms with E-state index in [9.17, 15) is 0 Å². The van der Waals surface area contributed by atoms with E-state index in [4.69, 9.17) is 5.73 Å². The molecule has 88 valence electrons. The minimum atomic E-state index is 0.168. The van der Waals surface area contributed by atoms with Crippen molar-refractivity contribution in [3.63, 3.8) is 0 Å². The van der Waals surface area contributed by atoms with Crippen molar-refractivity contribution in [2.45, 2.75) is 25.3 Å². The zero-order valence-electron chi connectivity index (χ0n) is 9.79. The number of nitrogens with zero attached hydrogens (tertiary/aromatic N) is 2. The summed E-state index contributed by atoms with van der Waals surface area (Å²) >= 11 is 0. The Morgan fingerprint density at radius 1 is 1.12 bits per heavy atom. The topological polar surface area (TPSA) is 51.8 Å². The van der Waals surface area contributed by atoms with E-state index in [0.717, 1.165) is 25.0 Å². The number of aromatic nitrogens is 2. The van der Waals surface area contributed by atoms with Crippen LogP contribution in [0.15, 0.2) is 48.9 Å². The maximum atomic E-state index is 6.10. The van der Waals surface area contributed by atoms with Gasteiger partial charge in [0.2, 0.25) is 0 Å². The third-order valence-electron chi connectivity index (χ3n) is 2.72. The number of hydrogen-bond acceptors (Lipinski definition) is 3. The fraction of sp³-hybridized carbons (Fsp3) is 0.286. The van der Waals surface area contributed by atoms with Gasteiger partial charge in [0, 0.05) is 30.3 Å². The molecular formula is C14H17N3. The van der Waals surface area contributed by atoms with Crippen LogP contribution in [0.25, 0.3) is 0 Å². The minimum Gasteiger partial charge on any atom is -0.327 e. The van der Waals surface area contributed by atoms with E-state index in [0.29, 0.717) is 0 Å².